The summed E-state index contributed by atoms with van der Waals surface area (Å²) in [4.78, 5) is 11.6. The summed E-state index contributed by atoms with van der Waals surface area (Å²) >= 11 is 0. The van der Waals surface area contributed by atoms with Gasteiger partial charge in [-0.25, -0.2) is 4.79 Å². The minimum Gasteiger partial charge on any atom is -0.488 e. The number of methoxy groups -OCH3 is 1. The molecule has 0 amide bonds. The first-order chi connectivity index (χ1) is 8.76. The number of fused-ring (bicyclic) bond motifs is 1. The van der Waals surface area contributed by atoms with E-state index in [-0.39, 0.29) is 6.04 Å². The second kappa shape index (κ2) is 5.41. The molecule has 1 unspecified atom stereocenters. The van der Waals surface area contributed by atoms with Crippen LogP contribution in [0.25, 0.3) is 0 Å². The summed E-state index contributed by atoms with van der Waals surface area (Å²) in [5.41, 5.74) is 1.19. The molecule has 2 rings (SSSR count). The Balaban J connectivity index is 2.19. The molecule has 0 spiro atoms. The summed E-state index contributed by atoms with van der Waals surface area (Å²) in [6, 6.07) is 7.50. The molecule has 0 bridgehead atoms. The van der Waals surface area contributed by atoms with Gasteiger partial charge in [0, 0.05) is 6.42 Å². The van der Waals surface area contributed by atoms with Crippen LogP contribution in [0.15, 0.2) is 18.2 Å². The number of para-hydroxylation sites is 1. The molecule has 0 aromatic heterocycles. The van der Waals surface area contributed by atoms with E-state index in [1.807, 2.05) is 6.07 Å². The molecule has 5 heteroatoms. The van der Waals surface area contributed by atoms with Crippen LogP contribution in [-0.4, -0.2) is 25.7 Å². The molecule has 0 aliphatic carbocycles. The van der Waals surface area contributed by atoms with Gasteiger partial charge in [-0.15, -0.1) is 0 Å². The number of hydrogen-bond donors (Lipinski definition) is 1. The average Bonchev–Trinajstić information content (AvgIpc) is 2.43. The number of benzene rings is 1. The monoisotopic (exact) mass is 246 g/mol. The van der Waals surface area contributed by atoms with Gasteiger partial charge in [0.25, 0.3) is 0 Å². The van der Waals surface area contributed by atoms with Gasteiger partial charge in [0.2, 0.25) is 0 Å². The zero-order valence-corrected chi connectivity index (χ0v) is 10.1. The van der Waals surface area contributed by atoms with Crippen LogP contribution in [0, 0.1) is 11.3 Å². The lowest BCUT2D eigenvalue weighted by molar-refractivity contribution is 0.0595. The van der Waals surface area contributed by atoms with Crippen LogP contribution < -0.4 is 10.1 Å². The van der Waals surface area contributed by atoms with E-state index in [1.54, 1.807) is 12.1 Å². The van der Waals surface area contributed by atoms with Gasteiger partial charge in [-0.3, -0.25) is 0 Å². The molecule has 1 aromatic rings. The van der Waals surface area contributed by atoms with Crippen LogP contribution in [0.1, 0.15) is 23.2 Å². The highest BCUT2D eigenvalue weighted by Gasteiger charge is 2.23. The zero-order valence-electron chi connectivity index (χ0n) is 10.1. The van der Waals surface area contributed by atoms with Crippen LogP contribution in [0.4, 0.5) is 5.69 Å². The van der Waals surface area contributed by atoms with E-state index in [0.29, 0.717) is 24.3 Å². The molecular formula is C13H14N2O3. The largest absolute Gasteiger partial charge is 0.488 e. The maximum Gasteiger partial charge on any atom is 0.341 e. The predicted molar refractivity (Wildman–Crippen MR) is 65.5 cm³/mol. The smallest absolute Gasteiger partial charge is 0.341 e. The van der Waals surface area contributed by atoms with Gasteiger partial charge in [-0.2, -0.15) is 5.26 Å². The minimum absolute atomic E-state index is 0.102. The normalized spacial score (nSPS) is 16.8. The second-order valence-corrected chi connectivity index (χ2v) is 4.02. The number of ether oxygens (including phenoxy) is 2. The van der Waals surface area contributed by atoms with E-state index in [0.717, 1.165) is 12.1 Å². The number of anilines is 1. The van der Waals surface area contributed by atoms with E-state index < -0.39 is 5.97 Å². The Labute approximate surface area is 105 Å². The van der Waals surface area contributed by atoms with E-state index in [2.05, 4.69) is 11.4 Å². The Morgan fingerprint density at radius 3 is 3.22 bits per heavy atom. The molecule has 1 aliphatic heterocycles. The van der Waals surface area contributed by atoms with Gasteiger partial charge in [0.05, 0.1) is 24.9 Å². The van der Waals surface area contributed by atoms with Crippen molar-refractivity contribution in [3.8, 4) is 11.8 Å². The van der Waals surface area contributed by atoms with Gasteiger partial charge in [-0.05, 0) is 18.6 Å². The first-order valence-corrected chi connectivity index (χ1v) is 5.74. The van der Waals surface area contributed by atoms with E-state index in [1.165, 1.54) is 7.11 Å². The molecule has 0 radical (unpaired) electrons. The van der Waals surface area contributed by atoms with Gasteiger partial charge in [0.1, 0.15) is 12.2 Å². The van der Waals surface area contributed by atoms with Crippen molar-refractivity contribution < 1.29 is 14.3 Å². The Kier molecular flexibility index (Phi) is 3.68. The fourth-order valence-electron chi connectivity index (χ4n) is 1.92. The van der Waals surface area contributed by atoms with Crippen molar-refractivity contribution in [1.29, 1.82) is 5.26 Å². The number of esters is 1. The lowest BCUT2D eigenvalue weighted by atomic mass is 10.1. The van der Waals surface area contributed by atoms with Gasteiger partial charge in [-0.1, -0.05) is 6.07 Å². The molecule has 0 saturated heterocycles. The first kappa shape index (κ1) is 12.2. The van der Waals surface area contributed by atoms with Crippen LogP contribution in [0.5, 0.6) is 5.75 Å². The summed E-state index contributed by atoms with van der Waals surface area (Å²) in [6.45, 7) is 0.447. The Hall–Kier alpha value is -2.22. The van der Waals surface area contributed by atoms with Crippen molar-refractivity contribution in [3.05, 3.63) is 23.8 Å². The van der Waals surface area contributed by atoms with Crippen molar-refractivity contribution in [2.45, 2.75) is 18.9 Å². The van der Waals surface area contributed by atoms with E-state index in [9.17, 15) is 4.79 Å². The third kappa shape index (κ3) is 2.38. The SMILES string of the molecule is COC(=O)c1cccc2c1OCC(CCC#N)N2. The molecule has 1 aromatic carbocycles. The average molecular weight is 246 g/mol. The highest BCUT2D eigenvalue weighted by atomic mass is 16.5. The summed E-state index contributed by atoms with van der Waals surface area (Å²) < 4.78 is 10.3. The topological polar surface area (TPSA) is 71.3 Å². The Bertz CT molecular complexity index is 493. The lowest BCUT2D eigenvalue weighted by Gasteiger charge is -2.28. The molecule has 0 fully saturated rings. The standard InChI is InChI=1S/C13H14N2O3/c1-17-13(16)10-5-2-6-11-12(10)18-8-9(15-11)4-3-7-14/h2,5-6,9,15H,3-4,8H2,1H3. The van der Waals surface area contributed by atoms with E-state index >= 15 is 0 Å². The number of carbonyl (C=O) groups is 1. The Morgan fingerprint density at radius 1 is 1.67 bits per heavy atom. The molecule has 0 saturated carbocycles. The fraction of sp³-hybridized carbons (Fsp3) is 0.385. The summed E-state index contributed by atoms with van der Waals surface area (Å²) in [7, 11) is 1.34. The van der Waals surface area contributed by atoms with Gasteiger partial charge >= 0.3 is 5.97 Å². The maximum absolute atomic E-state index is 11.6. The van der Waals surface area contributed by atoms with Crippen molar-refractivity contribution in [2.24, 2.45) is 0 Å². The summed E-state index contributed by atoms with van der Waals surface area (Å²) in [6.07, 6.45) is 1.20. The number of nitrogens with zero attached hydrogens (tertiary/aromatic N) is 1. The first-order valence-electron chi connectivity index (χ1n) is 5.74. The van der Waals surface area contributed by atoms with E-state index in [4.69, 9.17) is 14.7 Å². The van der Waals surface area contributed by atoms with Crippen LogP contribution >= 0.6 is 0 Å². The highest BCUT2D eigenvalue weighted by Crippen LogP contribution is 2.33. The van der Waals surface area contributed by atoms with Crippen molar-refractivity contribution >= 4 is 11.7 Å². The number of nitriles is 1. The second-order valence-electron chi connectivity index (χ2n) is 4.02. The van der Waals surface area contributed by atoms with Gasteiger partial charge < -0.3 is 14.8 Å². The summed E-state index contributed by atoms with van der Waals surface area (Å²) in [5, 5.41) is 11.8. The third-order valence-electron chi connectivity index (χ3n) is 2.81. The molecule has 1 atom stereocenters. The number of hydrogen-bond acceptors (Lipinski definition) is 5. The van der Waals surface area contributed by atoms with Crippen LogP contribution in [0.3, 0.4) is 0 Å². The molecule has 94 valence electrons. The fourth-order valence-corrected chi connectivity index (χ4v) is 1.92. The van der Waals surface area contributed by atoms with Crippen molar-refractivity contribution in [1.82, 2.24) is 0 Å². The van der Waals surface area contributed by atoms with Crippen LogP contribution in [-0.2, 0) is 4.74 Å². The van der Waals surface area contributed by atoms with Crippen molar-refractivity contribution in [2.75, 3.05) is 19.0 Å². The lowest BCUT2D eigenvalue weighted by Crippen LogP contribution is -2.32. The maximum atomic E-state index is 11.6. The molecule has 5 nitrogen and oxygen atoms in total. The molecule has 1 N–H and O–H groups in total. The quantitative estimate of drug-likeness (QED) is 0.825. The highest BCUT2D eigenvalue weighted by molar-refractivity contribution is 5.95. The molecule has 1 heterocycles. The van der Waals surface area contributed by atoms with Crippen LogP contribution in [0.2, 0.25) is 0 Å². The predicted octanol–water partition coefficient (Wildman–Crippen LogP) is 1.95. The summed E-state index contributed by atoms with van der Waals surface area (Å²) in [5.74, 6) is 0.113. The minimum atomic E-state index is -0.413. The molecule has 1 aliphatic rings. The van der Waals surface area contributed by atoms with Gasteiger partial charge in [0.15, 0.2) is 5.75 Å². The number of carbonyl (C=O) groups excluding carboxylic acids is 1. The zero-order chi connectivity index (χ0) is 13.0. The number of rotatable bonds is 3. The molecule has 18 heavy (non-hydrogen) atoms. The number of nitrogens with one attached hydrogen (secondary N) is 1. The molecular weight excluding hydrogens is 232 g/mol. The Morgan fingerprint density at radius 2 is 2.50 bits per heavy atom. The third-order valence-corrected chi connectivity index (χ3v) is 2.81. The van der Waals surface area contributed by atoms with Crippen molar-refractivity contribution in [3.63, 3.8) is 0 Å².